The molecule has 0 bridgehead atoms. The van der Waals surface area contributed by atoms with Gasteiger partial charge in [0, 0.05) is 10.9 Å². The fourth-order valence-corrected chi connectivity index (χ4v) is 3.64. The van der Waals surface area contributed by atoms with E-state index in [1.54, 1.807) is 23.9 Å². The first-order valence-corrected chi connectivity index (χ1v) is 7.59. The second-order valence-corrected chi connectivity index (χ2v) is 6.46. The van der Waals surface area contributed by atoms with Crippen LogP contribution in [0, 0.1) is 5.82 Å². The third-order valence-corrected chi connectivity index (χ3v) is 4.83. The highest BCUT2D eigenvalue weighted by Crippen LogP contribution is 2.27. The summed E-state index contributed by atoms with van der Waals surface area (Å²) in [6.45, 7) is 0. The predicted molar refractivity (Wildman–Crippen MR) is 72.9 cm³/mol. The van der Waals surface area contributed by atoms with Crippen LogP contribution in [0.5, 0.6) is 0 Å². The first kappa shape index (κ1) is 13.1. The van der Waals surface area contributed by atoms with Gasteiger partial charge in [-0.2, -0.15) is 11.8 Å². The number of ketones is 1. The van der Waals surface area contributed by atoms with Gasteiger partial charge >= 0.3 is 0 Å². The lowest BCUT2D eigenvalue weighted by Crippen LogP contribution is -2.23. The summed E-state index contributed by atoms with van der Waals surface area (Å²) < 4.78 is 14.3. The maximum absolute atomic E-state index is 13.5. The highest BCUT2D eigenvalue weighted by Gasteiger charge is 2.22. The summed E-state index contributed by atoms with van der Waals surface area (Å²) in [4.78, 5) is 12.0. The lowest BCUT2D eigenvalue weighted by molar-refractivity contribution is -0.118. The molecular formula is C13H14BrFOS. The maximum atomic E-state index is 13.5. The molecule has 4 heteroatoms. The molecule has 1 aliphatic rings. The average Bonchev–Trinajstić information content (AvgIpc) is 2.35. The summed E-state index contributed by atoms with van der Waals surface area (Å²) >= 11 is 5.02. The Balaban J connectivity index is 2.04. The Bertz CT molecular complexity index is 416. The lowest BCUT2D eigenvalue weighted by atomic mass is 10.0. The molecule has 1 atom stereocenters. The van der Waals surface area contributed by atoms with Crippen LogP contribution in [-0.2, 0) is 11.2 Å². The maximum Gasteiger partial charge on any atom is 0.150 e. The monoisotopic (exact) mass is 316 g/mol. The fourth-order valence-electron chi connectivity index (χ4n) is 1.97. The van der Waals surface area contributed by atoms with E-state index in [1.165, 1.54) is 12.5 Å². The highest BCUT2D eigenvalue weighted by molar-refractivity contribution is 9.10. The predicted octanol–water partition coefficient (Wildman–Crippen LogP) is 3.99. The number of carbonyl (C=O) groups is 1. The van der Waals surface area contributed by atoms with Gasteiger partial charge in [0.25, 0.3) is 0 Å². The Hall–Kier alpha value is -0.350. The topological polar surface area (TPSA) is 17.1 Å². The van der Waals surface area contributed by atoms with E-state index < -0.39 is 0 Å². The van der Waals surface area contributed by atoms with Crippen LogP contribution in [0.4, 0.5) is 4.39 Å². The molecule has 1 aromatic rings. The van der Waals surface area contributed by atoms with E-state index in [4.69, 9.17) is 0 Å². The Kier molecular flexibility index (Phi) is 4.62. The molecule has 0 aromatic heterocycles. The lowest BCUT2D eigenvalue weighted by Gasteiger charge is -2.20. The number of rotatable bonds is 3. The zero-order valence-corrected chi connectivity index (χ0v) is 11.8. The highest BCUT2D eigenvalue weighted by atomic mass is 79.9. The molecule has 0 N–H and O–H groups in total. The zero-order valence-electron chi connectivity index (χ0n) is 9.42. The number of carbonyl (C=O) groups excluding carboxylic acids is 1. The third kappa shape index (κ3) is 3.55. The van der Waals surface area contributed by atoms with Crippen LogP contribution in [-0.4, -0.2) is 16.8 Å². The molecule has 1 unspecified atom stereocenters. The van der Waals surface area contributed by atoms with Crippen LogP contribution in [0.15, 0.2) is 22.7 Å². The van der Waals surface area contributed by atoms with E-state index in [0.29, 0.717) is 5.56 Å². The van der Waals surface area contributed by atoms with Crippen molar-refractivity contribution in [3.8, 4) is 0 Å². The summed E-state index contributed by atoms with van der Waals surface area (Å²) in [5, 5.41) is 0.0714. The summed E-state index contributed by atoms with van der Waals surface area (Å²) in [7, 11) is 0. The molecule has 0 radical (unpaired) electrons. The van der Waals surface area contributed by atoms with Crippen molar-refractivity contribution in [3.63, 3.8) is 0 Å². The van der Waals surface area contributed by atoms with Gasteiger partial charge < -0.3 is 0 Å². The van der Waals surface area contributed by atoms with E-state index in [1.807, 2.05) is 0 Å². The zero-order chi connectivity index (χ0) is 12.3. The average molecular weight is 317 g/mol. The van der Waals surface area contributed by atoms with Gasteiger partial charge in [0.1, 0.15) is 11.6 Å². The van der Waals surface area contributed by atoms with Gasteiger partial charge in [-0.25, -0.2) is 4.39 Å². The van der Waals surface area contributed by atoms with Crippen molar-refractivity contribution in [2.75, 3.05) is 5.75 Å². The summed E-state index contributed by atoms with van der Waals surface area (Å²) in [6.07, 6.45) is 3.46. The van der Waals surface area contributed by atoms with Gasteiger partial charge in [-0.05, 0) is 42.4 Å². The van der Waals surface area contributed by atoms with Gasteiger partial charge in [-0.1, -0.05) is 22.4 Å². The van der Waals surface area contributed by atoms with Crippen molar-refractivity contribution in [1.29, 1.82) is 0 Å². The minimum absolute atomic E-state index is 0.0714. The van der Waals surface area contributed by atoms with Crippen molar-refractivity contribution in [2.24, 2.45) is 0 Å². The molecule has 1 fully saturated rings. The molecule has 0 amide bonds. The number of thioether (sulfide) groups is 1. The summed E-state index contributed by atoms with van der Waals surface area (Å²) in [5.41, 5.74) is 0.496. The Morgan fingerprint density at radius 1 is 1.47 bits per heavy atom. The molecule has 0 spiro atoms. The molecule has 92 valence electrons. The van der Waals surface area contributed by atoms with Crippen molar-refractivity contribution in [2.45, 2.75) is 30.9 Å². The summed E-state index contributed by atoms with van der Waals surface area (Å²) in [5.74, 6) is 0.922. The molecule has 17 heavy (non-hydrogen) atoms. The number of Topliss-reactive ketones (excluding diaryl/α,β-unsaturated/α-hetero) is 1. The molecule has 1 saturated heterocycles. The number of halogens is 2. The summed E-state index contributed by atoms with van der Waals surface area (Å²) in [6, 6.07) is 4.75. The molecule has 2 rings (SSSR count). The number of hydrogen-bond donors (Lipinski definition) is 0. The van der Waals surface area contributed by atoms with Gasteiger partial charge in [-0.15, -0.1) is 0 Å². The van der Waals surface area contributed by atoms with Crippen LogP contribution in [0.1, 0.15) is 24.8 Å². The molecule has 1 aliphatic heterocycles. The fraction of sp³-hybridized carbons (Fsp3) is 0.462. The first-order chi connectivity index (χ1) is 8.16. The van der Waals surface area contributed by atoms with Crippen molar-refractivity contribution >= 4 is 33.5 Å². The van der Waals surface area contributed by atoms with E-state index >= 15 is 0 Å². The first-order valence-electron chi connectivity index (χ1n) is 5.75. The Labute approximate surface area is 113 Å². The van der Waals surface area contributed by atoms with E-state index in [9.17, 15) is 9.18 Å². The minimum atomic E-state index is -0.289. The van der Waals surface area contributed by atoms with Crippen LogP contribution in [0.2, 0.25) is 0 Å². The molecule has 0 aliphatic carbocycles. The van der Waals surface area contributed by atoms with E-state index in [2.05, 4.69) is 15.9 Å². The largest absolute Gasteiger partial charge is 0.298 e. The molecular weight excluding hydrogens is 303 g/mol. The molecule has 1 nitrogen and oxygen atoms in total. The van der Waals surface area contributed by atoms with Crippen LogP contribution < -0.4 is 0 Å². The van der Waals surface area contributed by atoms with Gasteiger partial charge in [0.05, 0.1) is 5.25 Å². The van der Waals surface area contributed by atoms with Crippen LogP contribution in [0.3, 0.4) is 0 Å². The Morgan fingerprint density at radius 3 is 3.00 bits per heavy atom. The van der Waals surface area contributed by atoms with Crippen molar-refractivity contribution in [1.82, 2.24) is 0 Å². The van der Waals surface area contributed by atoms with Crippen LogP contribution >= 0.6 is 27.7 Å². The second kappa shape index (κ2) is 6.01. The van der Waals surface area contributed by atoms with Gasteiger partial charge in [0.15, 0.2) is 0 Å². The third-order valence-electron chi connectivity index (χ3n) is 2.91. The van der Waals surface area contributed by atoms with Crippen molar-refractivity contribution < 1.29 is 9.18 Å². The smallest absolute Gasteiger partial charge is 0.150 e. The molecule has 0 saturated carbocycles. The quantitative estimate of drug-likeness (QED) is 0.839. The van der Waals surface area contributed by atoms with Crippen LogP contribution in [0.25, 0.3) is 0 Å². The standard InChI is InChI=1S/C13H14BrFOS/c14-10-4-5-11(15)9(7-10)8-12(16)13-3-1-2-6-17-13/h4-5,7,13H,1-3,6,8H2. The van der Waals surface area contributed by atoms with Gasteiger partial charge in [0.2, 0.25) is 0 Å². The molecule has 1 aromatic carbocycles. The molecule has 1 heterocycles. The Morgan fingerprint density at radius 2 is 2.29 bits per heavy atom. The number of benzene rings is 1. The second-order valence-electron chi connectivity index (χ2n) is 4.23. The van der Waals surface area contributed by atoms with Gasteiger partial charge in [-0.3, -0.25) is 4.79 Å². The van der Waals surface area contributed by atoms with Crippen molar-refractivity contribution in [3.05, 3.63) is 34.1 Å². The normalized spacial score (nSPS) is 20.2. The van der Waals surface area contributed by atoms with E-state index in [-0.39, 0.29) is 23.3 Å². The number of hydrogen-bond acceptors (Lipinski definition) is 2. The minimum Gasteiger partial charge on any atom is -0.298 e. The SMILES string of the molecule is O=C(Cc1cc(Br)ccc1F)C1CCCCS1. The van der Waals surface area contributed by atoms with E-state index in [0.717, 1.165) is 23.1 Å².